The predicted molar refractivity (Wildman–Crippen MR) is 83.8 cm³/mol. The van der Waals surface area contributed by atoms with Crippen LogP contribution in [0.25, 0.3) is 0 Å². The molecule has 2 rings (SSSR count). The van der Waals surface area contributed by atoms with E-state index in [0.717, 1.165) is 12.0 Å². The molecule has 0 saturated carbocycles. The molecule has 1 unspecified atom stereocenters. The van der Waals surface area contributed by atoms with E-state index in [4.69, 9.17) is 10.5 Å². The predicted octanol–water partition coefficient (Wildman–Crippen LogP) is 1.70. The highest BCUT2D eigenvalue weighted by Crippen LogP contribution is 2.21. The van der Waals surface area contributed by atoms with E-state index >= 15 is 0 Å². The number of amides is 1. The van der Waals surface area contributed by atoms with Crippen LogP contribution in [0.3, 0.4) is 0 Å². The van der Waals surface area contributed by atoms with Gasteiger partial charge in [-0.25, -0.2) is 4.79 Å². The molecule has 1 aliphatic heterocycles. The lowest BCUT2D eigenvalue weighted by atomic mass is 10.0. The SMILES string of the molecule is CC(C)[C@H](N)C(=O)N1CCCC1C(=O)OCc1ccccc1. The van der Waals surface area contributed by atoms with Crippen molar-refractivity contribution in [2.24, 2.45) is 11.7 Å². The fourth-order valence-corrected chi connectivity index (χ4v) is 2.58. The Balaban J connectivity index is 1.95. The molecule has 5 heteroatoms. The molecule has 0 bridgehead atoms. The average molecular weight is 304 g/mol. The number of benzene rings is 1. The van der Waals surface area contributed by atoms with E-state index in [1.165, 1.54) is 0 Å². The van der Waals surface area contributed by atoms with Crippen molar-refractivity contribution in [1.82, 2.24) is 4.90 Å². The third-order valence-electron chi connectivity index (χ3n) is 4.04. The zero-order valence-electron chi connectivity index (χ0n) is 13.2. The third-order valence-corrected chi connectivity index (χ3v) is 4.04. The van der Waals surface area contributed by atoms with E-state index in [9.17, 15) is 9.59 Å². The Morgan fingerprint density at radius 1 is 1.32 bits per heavy atom. The fourth-order valence-electron chi connectivity index (χ4n) is 2.58. The highest BCUT2D eigenvalue weighted by atomic mass is 16.5. The molecule has 1 aromatic carbocycles. The third kappa shape index (κ3) is 3.85. The van der Waals surface area contributed by atoms with Crippen LogP contribution >= 0.6 is 0 Å². The molecular formula is C17H24N2O3. The lowest BCUT2D eigenvalue weighted by Gasteiger charge is -2.27. The van der Waals surface area contributed by atoms with Gasteiger partial charge in [0.15, 0.2) is 0 Å². The van der Waals surface area contributed by atoms with Gasteiger partial charge in [-0.15, -0.1) is 0 Å². The Morgan fingerprint density at radius 2 is 2.00 bits per heavy atom. The molecule has 0 aliphatic carbocycles. The van der Waals surface area contributed by atoms with Crippen LogP contribution in [0.1, 0.15) is 32.3 Å². The van der Waals surface area contributed by atoms with Crippen molar-refractivity contribution in [2.45, 2.75) is 45.4 Å². The smallest absolute Gasteiger partial charge is 0.329 e. The molecule has 1 fully saturated rings. The molecule has 0 spiro atoms. The Kier molecular flexibility index (Phi) is 5.55. The normalized spacial score (nSPS) is 19.3. The largest absolute Gasteiger partial charge is 0.459 e. The van der Waals surface area contributed by atoms with Gasteiger partial charge in [-0.3, -0.25) is 4.79 Å². The van der Waals surface area contributed by atoms with Crippen LogP contribution in [-0.4, -0.2) is 35.4 Å². The molecule has 0 aromatic heterocycles. The second-order valence-electron chi connectivity index (χ2n) is 6.05. The van der Waals surface area contributed by atoms with Gasteiger partial charge in [0.25, 0.3) is 0 Å². The highest BCUT2D eigenvalue weighted by molar-refractivity contribution is 5.88. The first kappa shape index (κ1) is 16.5. The number of carbonyl (C=O) groups is 2. The molecule has 120 valence electrons. The molecule has 5 nitrogen and oxygen atoms in total. The summed E-state index contributed by atoms with van der Waals surface area (Å²) < 4.78 is 5.36. The summed E-state index contributed by atoms with van der Waals surface area (Å²) in [5.41, 5.74) is 6.86. The summed E-state index contributed by atoms with van der Waals surface area (Å²) in [6.45, 7) is 4.61. The van der Waals surface area contributed by atoms with Gasteiger partial charge in [0.2, 0.25) is 5.91 Å². The van der Waals surface area contributed by atoms with Gasteiger partial charge < -0.3 is 15.4 Å². The van der Waals surface area contributed by atoms with Crippen molar-refractivity contribution < 1.29 is 14.3 Å². The summed E-state index contributed by atoms with van der Waals surface area (Å²) in [4.78, 5) is 26.2. The van der Waals surface area contributed by atoms with Crippen LogP contribution in [0.2, 0.25) is 0 Å². The Bertz CT molecular complexity index is 516. The first-order valence-corrected chi connectivity index (χ1v) is 7.77. The number of likely N-dealkylation sites (tertiary alicyclic amines) is 1. The van der Waals surface area contributed by atoms with Gasteiger partial charge in [0, 0.05) is 6.54 Å². The number of carbonyl (C=O) groups excluding carboxylic acids is 2. The topological polar surface area (TPSA) is 72.6 Å². The summed E-state index contributed by atoms with van der Waals surface area (Å²) in [5.74, 6) is -0.450. The van der Waals surface area contributed by atoms with Crippen LogP contribution in [0.5, 0.6) is 0 Å². The minimum Gasteiger partial charge on any atom is -0.459 e. The monoisotopic (exact) mass is 304 g/mol. The minimum absolute atomic E-state index is 0.0501. The molecule has 1 aliphatic rings. The maximum Gasteiger partial charge on any atom is 0.329 e. The average Bonchev–Trinajstić information content (AvgIpc) is 3.01. The molecule has 1 aromatic rings. The van der Waals surface area contributed by atoms with Gasteiger partial charge >= 0.3 is 5.97 Å². The number of esters is 1. The summed E-state index contributed by atoms with van der Waals surface area (Å²) in [6.07, 6.45) is 1.45. The quantitative estimate of drug-likeness (QED) is 0.840. The fraction of sp³-hybridized carbons (Fsp3) is 0.529. The molecular weight excluding hydrogens is 280 g/mol. The standard InChI is InChI=1S/C17H24N2O3/c1-12(2)15(18)16(20)19-10-6-9-14(19)17(21)22-11-13-7-4-3-5-8-13/h3-5,7-8,12,14-15H,6,9-11,18H2,1-2H3/t14?,15-/m0/s1. The molecule has 1 amide bonds. The molecule has 1 heterocycles. The lowest BCUT2D eigenvalue weighted by molar-refractivity contribution is -0.155. The molecule has 2 atom stereocenters. The van der Waals surface area contributed by atoms with Gasteiger partial charge in [0.05, 0.1) is 6.04 Å². The van der Waals surface area contributed by atoms with E-state index < -0.39 is 12.1 Å². The van der Waals surface area contributed by atoms with Gasteiger partial charge in [-0.1, -0.05) is 44.2 Å². The van der Waals surface area contributed by atoms with E-state index in [1.54, 1.807) is 4.90 Å². The van der Waals surface area contributed by atoms with Crippen molar-refractivity contribution in [3.05, 3.63) is 35.9 Å². The first-order valence-electron chi connectivity index (χ1n) is 7.77. The van der Waals surface area contributed by atoms with Crippen LogP contribution in [0, 0.1) is 5.92 Å². The summed E-state index contributed by atoms with van der Waals surface area (Å²) in [6, 6.07) is 8.45. The zero-order chi connectivity index (χ0) is 16.1. The Hall–Kier alpha value is -1.88. The van der Waals surface area contributed by atoms with Crippen molar-refractivity contribution >= 4 is 11.9 Å². The highest BCUT2D eigenvalue weighted by Gasteiger charge is 2.37. The second-order valence-corrected chi connectivity index (χ2v) is 6.05. The van der Waals surface area contributed by atoms with E-state index in [1.807, 2.05) is 44.2 Å². The van der Waals surface area contributed by atoms with Crippen molar-refractivity contribution in [1.29, 1.82) is 0 Å². The summed E-state index contributed by atoms with van der Waals surface area (Å²) in [5, 5.41) is 0. The molecule has 2 N–H and O–H groups in total. The lowest BCUT2D eigenvalue weighted by Crippen LogP contribution is -2.50. The number of nitrogens with zero attached hydrogens (tertiary/aromatic N) is 1. The van der Waals surface area contributed by atoms with Crippen LogP contribution in [-0.2, 0) is 20.9 Å². The van der Waals surface area contributed by atoms with Gasteiger partial charge in [0.1, 0.15) is 12.6 Å². The van der Waals surface area contributed by atoms with Crippen molar-refractivity contribution in [3.63, 3.8) is 0 Å². The molecule has 22 heavy (non-hydrogen) atoms. The number of nitrogens with two attached hydrogens (primary N) is 1. The van der Waals surface area contributed by atoms with E-state index in [-0.39, 0.29) is 24.4 Å². The van der Waals surface area contributed by atoms with Crippen LogP contribution < -0.4 is 5.73 Å². The second kappa shape index (κ2) is 7.40. The maximum absolute atomic E-state index is 12.4. The zero-order valence-corrected chi connectivity index (χ0v) is 13.2. The first-order chi connectivity index (χ1) is 10.5. The van der Waals surface area contributed by atoms with Gasteiger partial charge in [-0.2, -0.15) is 0 Å². The minimum atomic E-state index is -0.567. The van der Waals surface area contributed by atoms with Crippen LogP contribution in [0.4, 0.5) is 0 Å². The Morgan fingerprint density at radius 3 is 2.64 bits per heavy atom. The van der Waals surface area contributed by atoms with E-state index in [2.05, 4.69) is 0 Å². The van der Waals surface area contributed by atoms with Gasteiger partial charge in [-0.05, 0) is 24.3 Å². The van der Waals surface area contributed by atoms with Crippen molar-refractivity contribution in [2.75, 3.05) is 6.54 Å². The molecule has 0 radical (unpaired) electrons. The summed E-state index contributed by atoms with van der Waals surface area (Å²) in [7, 11) is 0. The number of hydrogen-bond donors (Lipinski definition) is 1. The number of ether oxygens (including phenoxy) is 1. The molecule has 1 saturated heterocycles. The maximum atomic E-state index is 12.4. The van der Waals surface area contributed by atoms with E-state index in [0.29, 0.717) is 13.0 Å². The van der Waals surface area contributed by atoms with Crippen molar-refractivity contribution in [3.8, 4) is 0 Å². The number of hydrogen-bond acceptors (Lipinski definition) is 4. The van der Waals surface area contributed by atoms with Crippen LogP contribution in [0.15, 0.2) is 30.3 Å². The Labute approximate surface area is 131 Å². The number of rotatable bonds is 5. The summed E-state index contributed by atoms with van der Waals surface area (Å²) >= 11 is 0.